The highest BCUT2D eigenvalue weighted by molar-refractivity contribution is 5.72. The molecule has 2 aromatic rings. The van der Waals surface area contributed by atoms with Crippen LogP contribution in [0.2, 0.25) is 0 Å². The lowest BCUT2D eigenvalue weighted by molar-refractivity contribution is -0.141. The molecule has 1 aliphatic rings. The lowest BCUT2D eigenvalue weighted by atomic mass is 10.0. The molecule has 94 valence electrons. The number of nitrogens with one attached hydrogen (secondary N) is 1. The number of nitrogens with zero attached hydrogens (tertiary/aromatic N) is 5. The predicted molar refractivity (Wildman–Crippen MR) is 57.9 cm³/mol. The van der Waals surface area contributed by atoms with Crippen molar-refractivity contribution in [2.75, 3.05) is 18.5 Å². The van der Waals surface area contributed by atoms with Crippen molar-refractivity contribution in [1.29, 1.82) is 0 Å². The van der Waals surface area contributed by atoms with Gasteiger partial charge in [0.15, 0.2) is 11.5 Å². The third-order valence-electron chi connectivity index (χ3n) is 2.84. The van der Waals surface area contributed by atoms with E-state index in [1.165, 1.54) is 10.7 Å². The van der Waals surface area contributed by atoms with Crippen LogP contribution in [0.1, 0.15) is 0 Å². The molecule has 3 rings (SSSR count). The lowest BCUT2D eigenvalue weighted by Gasteiger charge is -2.16. The van der Waals surface area contributed by atoms with Gasteiger partial charge in [0, 0.05) is 0 Å². The molecule has 3 heterocycles. The minimum Gasteiger partial charge on any atom is -0.481 e. The number of fused-ring (bicyclic) bond motifs is 1. The smallest absolute Gasteiger partial charge is 0.311 e. The molecule has 0 aliphatic carbocycles. The van der Waals surface area contributed by atoms with Crippen LogP contribution in [0.5, 0.6) is 0 Å². The van der Waals surface area contributed by atoms with Crippen molar-refractivity contribution < 1.29 is 14.6 Å². The highest BCUT2D eigenvalue weighted by Crippen LogP contribution is 2.18. The number of carboxylic acid groups (broad SMARTS) is 1. The van der Waals surface area contributed by atoms with Gasteiger partial charge >= 0.3 is 5.97 Å². The summed E-state index contributed by atoms with van der Waals surface area (Å²) in [6.45, 7) is 0.529. The van der Waals surface area contributed by atoms with Gasteiger partial charge in [0.25, 0.3) is 0 Å². The standard InChI is InChI=1S/C9H10N6O3/c16-9(17)5-3-18-4-6(5)11-7-1-10-2-8-12-13-14-15(7)8/h1-2,5-6,11H,3-4H2,(H,16,17). The van der Waals surface area contributed by atoms with Crippen LogP contribution in [0.3, 0.4) is 0 Å². The Bertz CT molecular complexity index is 584. The molecule has 1 fully saturated rings. The van der Waals surface area contributed by atoms with Gasteiger partial charge in [-0.05, 0) is 10.4 Å². The van der Waals surface area contributed by atoms with Gasteiger partial charge in [0.1, 0.15) is 5.92 Å². The van der Waals surface area contributed by atoms with Gasteiger partial charge in [-0.3, -0.25) is 9.78 Å². The van der Waals surface area contributed by atoms with Crippen molar-refractivity contribution in [1.82, 2.24) is 25.0 Å². The van der Waals surface area contributed by atoms with E-state index in [4.69, 9.17) is 9.84 Å². The van der Waals surface area contributed by atoms with Gasteiger partial charge in [-0.25, -0.2) is 0 Å². The second-order valence-electron chi connectivity index (χ2n) is 3.97. The van der Waals surface area contributed by atoms with Gasteiger partial charge in [0.2, 0.25) is 0 Å². The van der Waals surface area contributed by atoms with E-state index in [1.54, 1.807) is 6.20 Å². The number of rotatable bonds is 3. The van der Waals surface area contributed by atoms with E-state index in [9.17, 15) is 4.79 Å². The first-order chi connectivity index (χ1) is 8.75. The lowest BCUT2D eigenvalue weighted by Crippen LogP contribution is -2.33. The summed E-state index contributed by atoms with van der Waals surface area (Å²) in [4.78, 5) is 15.0. The van der Waals surface area contributed by atoms with Crippen LogP contribution in [-0.2, 0) is 9.53 Å². The van der Waals surface area contributed by atoms with Crippen molar-refractivity contribution in [3.63, 3.8) is 0 Å². The summed E-state index contributed by atoms with van der Waals surface area (Å²) in [5.74, 6) is -0.933. The van der Waals surface area contributed by atoms with Crippen LogP contribution in [0.4, 0.5) is 5.82 Å². The molecule has 1 saturated heterocycles. The zero-order chi connectivity index (χ0) is 12.5. The number of aromatic nitrogens is 5. The third-order valence-corrected chi connectivity index (χ3v) is 2.84. The molecule has 2 unspecified atom stereocenters. The monoisotopic (exact) mass is 250 g/mol. The van der Waals surface area contributed by atoms with Crippen LogP contribution < -0.4 is 5.32 Å². The van der Waals surface area contributed by atoms with Crippen molar-refractivity contribution in [2.45, 2.75) is 6.04 Å². The number of tetrazole rings is 1. The maximum absolute atomic E-state index is 11.0. The summed E-state index contributed by atoms with van der Waals surface area (Å²) in [7, 11) is 0. The molecule has 2 N–H and O–H groups in total. The Kier molecular flexibility index (Phi) is 2.52. The molecular formula is C9H10N6O3. The summed E-state index contributed by atoms with van der Waals surface area (Å²) in [6.07, 6.45) is 3.06. The van der Waals surface area contributed by atoms with E-state index in [2.05, 4.69) is 25.8 Å². The highest BCUT2D eigenvalue weighted by atomic mass is 16.5. The second-order valence-corrected chi connectivity index (χ2v) is 3.97. The van der Waals surface area contributed by atoms with Crippen LogP contribution in [-0.4, -0.2) is 55.4 Å². The Balaban J connectivity index is 1.88. The largest absolute Gasteiger partial charge is 0.481 e. The van der Waals surface area contributed by atoms with Crippen molar-refractivity contribution in [2.24, 2.45) is 5.92 Å². The number of carbonyl (C=O) groups is 1. The van der Waals surface area contributed by atoms with Gasteiger partial charge in [-0.15, -0.1) is 5.10 Å². The molecule has 0 spiro atoms. The summed E-state index contributed by atoms with van der Waals surface area (Å²) >= 11 is 0. The Morgan fingerprint density at radius 3 is 3.22 bits per heavy atom. The number of anilines is 1. The average Bonchev–Trinajstić information content (AvgIpc) is 2.96. The molecule has 0 bridgehead atoms. The minimum atomic E-state index is -0.887. The molecule has 2 aromatic heterocycles. The van der Waals surface area contributed by atoms with Gasteiger partial charge < -0.3 is 15.2 Å². The van der Waals surface area contributed by atoms with E-state index in [-0.39, 0.29) is 12.6 Å². The number of ether oxygens (including phenoxy) is 1. The third kappa shape index (κ3) is 1.74. The van der Waals surface area contributed by atoms with Crippen LogP contribution in [0.15, 0.2) is 12.4 Å². The molecule has 9 nitrogen and oxygen atoms in total. The molecule has 0 saturated carbocycles. The van der Waals surface area contributed by atoms with Crippen LogP contribution >= 0.6 is 0 Å². The van der Waals surface area contributed by atoms with E-state index in [1.807, 2.05) is 0 Å². The van der Waals surface area contributed by atoms with Crippen LogP contribution in [0.25, 0.3) is 5.65 Å². The highest BCUT2D eigenvalue weighted by Gasteiger charge is 2.34. The molecule has 0 amide bonds. The Labute approximate surface area is 101 Å². The second kappa shape index (κ2) is 4.18. The number of carboxylic acids is 1. The number of hydrogen-bond donors (Lipinski definition) is 2. The Morgan fingerprint density at radius 1 is 1.50 bits per heavy atom. The predicted octanol–water partition coefficient (Wildman–Crippen LogP) is -0.969. The molecule has 1 aliphatic heterocycles. The first kappa shape index (κ1) is 10.8. The molecule has 0 radical (unpaired) electrons. The van der Waals surface area contributed by atoms with E-state index >= 15 is 0 Å². The van der Waals surface area contributed by atoms with Gasteiger partial charge in [-0.2, -0.15) is 4.52 Å². The van der Waals surface area contributed by atoms with Crippen molar-refractivity contribution in [3.05, 3.63) is 12.4 Å². The minimum absolute atomic E-state index is 0.200. The Hall–Kier alpha value is -2.29. The summed E-state index contributed by atoms with van der Waals surface area (Å²) < 4.78 is 6.63. The molecule has 18 heavy (non-hydrogen) atoms. The van der Waals surface area contributed by atoms with E-state index in [0.29, 0.717) is 18.1 Å². The van der Waals surface area contributed by atoms with Crippen LogP contribution in [0, 0.1) is 5.92 Å². The average molecular weight is 250 g/mol. The maximum atomic E-state index is 11.0. The maximum Gasteiger partial charge on any atom is 0.311 e. The first-order valence-electron chi connectivity index (χ1n) is 5.35. The fourth-order valence-corrected chi connectivity index (χ4v) is 1.90. The fraction of sp³-hybridized carbons (Fsp3) is 0.444. The van der Waals surface area contributed by atoms with Crippen molar-refractivity contribution >= 4 is 17.4 Å². The van der Waals surface area contributed by atoms with E-state index in [0.717, 1.165) is 0 Å². The molecular weight excluding hydrogens is 240 g/mol. The van der Waals surface area contributed by atoms with Crippen molar-refractivity contribution in [3.8, 4) is 0 Å². The molecule has 9 heteroatoms. The normalized spacial score (nSPS) is 23.3. The fourth-order valence-electron chi connectivity index (χ4n) is 1.90. The Morgan fingerprint density at radius 2 is 2.39 bits per heavy atom. The number of aliphatic carboxylic acids is 1. The molecule has 2 atom stereocenters. The first-order valence-corrected chi connectivity index (χ1v) is 5.35. The zero-order valence-corrected chi connectivity index (χ0v) is 9.22. The SMILES string of the molecule is O=C(O)C1COCC1Nc1cncc2nnnn12. The summed E-state index contributed by atoms with van der Waals surface area (Å²) in [5.41, 5.74) is 0.491. The van der Waals surface area contributed by atoms with Gasteiger partial charge in [-0.1, -0.05) is 0 Å². The molecule has 0 aromatic carbocycles. The van der Waals surface area contributed by atoms with Gasteiger partial charge in [0.05, 0.1) is 31.6 Å². The zero-order valence-electron chi connectivity index (χ0n) is 9.22. The number of hydrogen-bond acceptors (Lipinski definition) is 7. The topological polar surface area (TPSA) is 115 Å². The summed E-state index contributed by atoms with van der Waals surface area (Å²) in [6, 6.07) is -0.320. The quantitative estimate of drug-likeness (QED) is 0.715. The summed E-state index contributed by atoms with van der Waals surface area (Å²) in [5, 5.41) is 23.2. The van der Waals surface area contributed by atoms with E-state index < -0.39 is 11.9 Å².